The molecule has 2 heterocycles. The van der Waals surface area contributed by atoms with Crippen molar-refractivity contribution in [1.82, 2.24) is 9.88 Å². The Kier molecular flexibility index (Phi) is 5.23. The van der Waals surface area contributed by atoms with Crippen molar-refractivity contribution in [3.8, 4) is 0 Å². The minimum absolute atomic E-state index is 0.0972. The molecule has 1 atom stereocenters. The normalized spacial score (nSPS) is 18.4. The second kappa shape index (κ2) is 6.98. The lowest BCUT2D eigenvalue weighted by molar-refractivity contribution is -0.121. The zero-order chi connectivity index (χ0) is 17.0. The van der Waals surface area contributed by atoms with E-state index in [-0.39, 0.29) is 17.9 Å². The zero-order valence-electron chi connectivity index (χ0n) is 14.3. The molecule has 23 heavy (non-hydrogen) atoms. The molecule has 1 aliphatic heterocycles. The van der Waals surface area contributed by atoms with Crippen molar-refractivity contribution in [2.75, 3.05) is 18.4 Å². The molecule has 1 aromatic rings. The summed E-state index contributed by atoms with van der Waals surface area (Å²) >= 11 is 0. The van der Waals surface area contributed by atoms with Crippen molar-refractivity contribution in [3.05, 3.63) is 23.9 Å². The Morgan fingerprint density at radius 1 is 1.39 bits per heavy atom. The third-order valence-electron chi connectivity index (χ3n) is 3.69. The van der Waals surface area contributed by atoms with E-state index >= 15 is 0 Å². The van der Waals surface area contributed by atoms with E-state index in [1.165, 1.54) is 0 Å². The Morgan fingerprint density at radius 3 is 2.78 bits per heavy atom. The number of hydrogen-bond acceptors (Lipinski definition) is 4. The molecular formula is C17H25N3O3. The first kappa shape index (κ1) is 17.2. The average molecular weight is 319 g/mol. The molecule has 1 fully saturated rings. The van der Waals surface area contributed by atoms with Crippen LogP contribution in [-0.4, -0.2) is 40.6 Å². The van der Waals surface area contributed by atoms with Crippen LogP contribution in [0.4, 0.5) is 10.6 Å². The second-order valence-corrected chi connectivity index (χ2v) is 6.92. The predicted octanol–water partition coefficient (Wildman–Crippen LogP) is 2.98. The van der Waals surface area contributed by atoms with Gasteiger partial charge >= 0.3 is 6.09 Å². The highest BCUT2D eigenvalue weighted by atomic mass is 16.6. The lowest BCUT2D eigenvalue weighted by atomic mass is 9.97. The SMILES string of the molecule is Cc1cccnc1NC(=O)[C@H]1CCCN(C(=O)OC(C)(C)C)C1. The van der Waals surface area contributed by atoms with Crippen molar-refractivity contribution in [2.24, 2.45) is 5.92 Å². The third kappa shape index (κ3) is 4.94. The van der Waals surface area contributed by atoms with E-state index in [1.54, 1.807) is 11.1 Å². The molecule has 0 unspecified atom stereocenters. The van der Waals surface area contributed by atoms with Crippen LogP contribution in [0.15, 0.2) is 18.3 Å². The number of anilines is 1. The van der Waals surface area contributed by atoms with E-state index < -0.39 is 5.60 Å². The lowest BCUT2D eigenvalue weighted by Crippen LogP contribution is -2.45. The topological polar surface area (TPSA) is 71.5 Å². The number of pyridine rings is 1. The molecule has 6 nitrogen and oxygen atoms in total. The van der Waals surface area contributed by atoms with Crippen LogP contribution in [-0.2, 0) is 9.53 Å². The van der Waals surface area contributed by atoms with Gasteiger partial charge in [0.05, 0.1) is 5.92 Å². The first-order chi connectivity index (χ1) is 10.8. The van der Waals surface area contributed by atoms with Gasteiger partial charge in [-0.1, -0.05) is 6.07 Å². The van der Waals surface area contributed by atoms with Crippen molar-refractivity contribution >= 4 is 17.8 Å². The summed E-state index contributed by atoms with van der Waals surface area (Å²) in [6.07, 6.45) is 2.84. The van der Waals surface area contributed by atoms with Gasteiger partial charge < -0.3 is 15.0 Å². The summed E-state index contributed by atoms with van der Waals surface area (Å²) in [4.78, 5) is 30.4. The molecule has 6 heteroatoms. The van der Waals surface area contributed by atoms with Crippen LogP contribution in [0, 0.1) is 12.8 Å². The molecule has 0 aliphatic carbocycles. The maximum absolute atomic E-state index is 12.4. The summed E-state index contributed by atoms with van der Waals surface area (Å²) < 4.78 is 5.39. The summed E-state index contributed by atoms with van der Waals surface area (Å²) in [6, 6.07) is 3.73. The molecule has 1 N–H and O–H groups in total. The maximum Gasteiger partial charge on any atom is 0.410 e. The van der Waals surface area contributed by atoms with Gasteiger partial charge in [0.1, 0.15) is 11.4 Å². The van der Waals surface area contributed by atoms with Crippen LogP contribution in [0.1, 0.15) is 39.2 Å². The van der Waals surface area contributed by atoms with Crippen molar-refractivity contribution < 1.29 is 14.3 Å². The molecule has 1 saturated heterocycles. The molecule has 0 saturated carbocycles. The maximum atomic E-state index is 12.4. The van der Waals surface area contributed by atoms with Gasteiger partial charge in [-0.3, -0.25) is 4.79 Å². The summed E-state index contributed by atoms with van der Waals surface area (Å²) in [5.74, 6) is 0.240. The van der Waals surface area contributed by atoms with Gasteiger partial charge in [-0.05, 0) is 52.2 Å². The van der Waals surface area contributed by atoms with Gasteiger partial charge in [0.15, 0.2) is 0 Å². The Hall–Kier alpha value is -2.11. The monoisotopic (exact) mass is 319 g/mol. The minimum atomic E-state index is -0.530. The first-order valence-corrected chi connectivity index (χ1v) is 7.96. The number of rotatable bonds is 2. The fraction of sp³-hybridized carbons (Fsp3) is 0.588. The zero-order valence-corrected chi connectivity index (χ0v) is 14.3. The number of carbonyl (C=O) groups excluding carboxylic acids is 2. The molecule has 0 radical (unpaired) electrons. The molecule has 2 amide bonds. The fourth-order valence-electron chi connectivity index (χ4n) is 2.52. The Morgan fingerprint density at radius 2 is 2.13 bits per heavy atom. The van der Waals surface area contributed by atoms with Gasteiger partial charge in [-0.15, -0.1) is 0 Å². The fourth-order valence-corrected chi connectivity index (χ4v) is 2.52. The van der Waals surface area contributed by atoms with Crippen LogP contribution in [0.5, 0.6) is 0 Å². The Labute approximate surface area is 137 Å². The smallest absolute Gasteiger partial charge is 0.410 e. The van der Waals surface area contributed by atoms with E-state index in [4.69, 9.17) is 4.74 Å². The first-order valence-electron chi connectivity index (χ1n) is 7.96. The number of aromatic nitrogens is 1. The van der Waals surface area contributed by atoms with Crippen molar-refractivity contribution in [3.63, 3.8) is 0 Å². The molecule has 1 aromatic heterocycles. The van der Waals surface area contributed by atoms with E-state index in [9.17, 15) is 9.59 Å². The molecule has 2 rings (SSSR count). The van der Waals surface area contributed by atoms with Gasteiger partial charge in [0, 0.05) is 19.3 Å². The van der Waals surface area contributed by atoms with Gasteiger partial charge in [-0.25, -0.2) is 9.78 Å². The summed E-state index contributed by atoms with van der Waals surface area (Å²) in [6.45, 7) is 8.42. The molecule has 0 aromatic carbocycles. The predicted molar refractivity (Wildman–Crippen MR) is 88.1 cm³/mol. The van der Waals surface area contributed by atoms with Crippen LogP contribution < -0.4 is 5.32 Å². The summed E-state index contributed by atoms with van der Waals surface area (Å²) in [5.41, 5.74) is 0.387. The number of carbonyl (C=O) groups is 2. The average Bonchev–Trinajstić information content (AvgIpc) is 2.48. The number of nitrogens with one attached hydrogen (secondary N) is 1. The summed E-state index contributed by atoms with van der Waals surface area (Å²) in [5, 5.41) is 2.86. The molecule has 0 bridgehead atoms. The molecule has 126 valence electrons. The number of piperidine rings is 1. The van der Waals surface area contributed by atoms with E-state index in [1.807, 2.05) is 39.8 Å². The summed E-state index contributed by atoms with van der Waals surface area (Å²) in [7, 11) is 0. The standard InChI is InChI=1S/C17H25N3O3/c1-12-7-5-9-18-14(12)19-15(21)13-8-6-10-20(11-13)16(22)23-17(2,3)4/h5,7,9,13H,6,8,10-11H2,1-4H3,(H,18,19,21)/t13-/m0/s1. The number of hydrogen-bond donors (Lipinski definition) is 1. The van der Waals surface area contributed by atoms with Gasteiger partial charge in [0.25, 0.3) is 0 Å². The molecule has 0 spiro atoms. The van der Waals surface area contributed by atoms with Gasteiger partial charge in [-0.2, -0.15) is 0 Å². The van der Waals surface area contributed by atoms with Crippen molar-refractivity contribution in [2.45, 2.75) is 46.1 Å². The number of ether oxygens (including phenoxy) is 1. The Balaban J connectivity index is 1.96. The second-order valence-electron chi connectivity index (χ2n) is 6.92. The largest absolute Gasteiger partial charge is 0.444 e. The third-order valence-corrected chi connectivity index (χ3v) is 3.69. The van der Waals surface area contributed by atoms with E-state index in [0.717, 1.165) is 18.4 Å². The van der Waals surface area contributed by atoms with Crippen LogP contribution >= 0.6 is 0 Å². The highest BCUT2D eigenvalue weighted by Crippen LogP contribution is 2.21. The van der Waals surface area contributed by atoms with E-state index in [0.29, 0.717) is 18.9 Å². The number of likely N-dealkylation sites (tertiary alicyclic amines) is 1. The molecular weight excluding hydrogens is 294 g/mol. The highest BCUT2D eigenvalue weighted by molar-refractivity contribution is 5.92. The molecule has 1 aliphatic rings. The quantitative estimate of drug-likeness (QED) is 0.909. The van der Waals surface area contributed by atoms with Crippen LogP contribution in [0.2, 0.25) is 0 Å². The number of amides is 2. The minimum Gasteiger partial charge on any atom is -0.444 e. The number of nitrogens with zero attached hydrogens (tertiary/aromatic N) is 2. The number of aryl methyl sites for hydroxylation is 1. The van der Waals surface area contributed by atoms with E-state index in [2.05, 4.69) is 10.3 Å². The highest BCUT2D eigenvalue weighted by Gasteiger charge is 2.31. The van der Waals surface area contributed by atoms with Crippen molar-refractivity contribution in [1.29, 1.82) is 0 Å². The lowest BCUT2D eigenvalue weighted by Gasteiger charge is -2.33. The van der Waals surface area contributed by atoms with Crippen LogP contribution in [0.3, 0.4) is 0 Å². The van der Waals surface area contributed by atoms with Crippen LogP contribution in [0.25, 0.3) is 0 Å². The van der Waals surface area contributed by atoms with Gasteiger partial charge in [0.2, 0.25) is 5.91 Å². The Bertz CT molecular complexity index is 581.